The highest BCUT2D eigenvalue weighted by atomic mass is 16.4. The number of rotatable bonds is 3. The molecular weight excluding hydrogens is 258 g/mol. The number of nitrogens with one attached hydrogen (secondary N) is 1. The number of carbonyl (C=O) groups is 2. The van der Waals surface area contributed by atoms with Gasteiger partial charge in [0.15, 0.2) is 0 Å². The Balaban J connectivity index is 1.70. The standard InChI is InChI=1S/C14H17N3O3/c18-13(10-3-1-4-11(15-10)14(19)20)16-9-6-8-17-7-2-5-12(9)17/h1,3-4,9,12H,2,5-8H2,(H,16,18)(H,19,20). The Hall–Kier alpha value is -1.95. The van der Waals surface area contributed by atoms with Crippen molar-refractivity contribution in [3.8, 4) is 0 Å². The minimum atomic E-state index is -1.12. The molecular formula is C14H17N3O3. The van der Waals surface area contributed by atoms with Gasteiger partial charge in [-0.15, -0.1) is 0 Å². The van der Waals surface area contributed by atoms with Crippen LogP contribution in [0.15, 0.2) is 18.2 Å². The molecule has 3 rings (SSSR count). The first-order valence-electron chi connectivity index (χ1n) is 6.90. The molecule has 2 fully saturated rings. The van der Waals surface area contributed by atoms with E-state index in [-0.39, 0.29) is 23.3 Å². The molecule has 2 aliphatic rings. The summed E-state index contributed by atoms with van der Waals surface area (Å²) in [5, 5.41) is 11.9. The van der Waals surface area contributed by atoms with Crippen LogP contribution in [0.5, 0.6) is 0 Å². The zero-order valence-corrected chi connectivity index (χ0v) is 11.1. The largest absolute Gasteiger partial charge is 0.477 e. The number of carboxylic acid groups (broad SMARTS) is 1. The number of hydrogen-bond donors (Lipinski definition) is 2. The lowest BCUT2D eigenvalue weighted by Crippen LogP contribution is -2.42. The molecule has 1 amide bonds. The molecule has 6 nitrogen and oxygen atoms in total. The quantitative estimate of drug-likeness (QED) is 0.850. The zero-order valence-electron chi connectivity index (χ0n) is 11.1. The maximum Gasteiger partial charge on any atom is 0.354 e. The number of fused-ring (bicyclic) bond motifs is 1. The average molecular weight is 275 g/mol. The third-order valence-corrected chi connectivity index (χ3v) is 4.12. The van der Waals surface area contributed by atoms with Gasteiger partial charge in [-0.3, -0.25) is 9.69 Å². The molecule has 2 N–H and O–H groups in total. The lowest BCUT2D eigenvalue weighted by Gasteiger charge is -2.21. The van der Waals surface area contributed by atoms with Gasteiger partial charge in [-0.25, -0.2) is 9.78 Å². The van der Waals surface area contributed by atoms with E-state index >= 15 is 0 Å². The topological polar surface area (TPSA) is 82.5 Å². The fraction of sp³-hybridized carbons (Fsp3) is 0.500. The second-order valence-electron chi connectivity index (χ2n) is 5.33. The summed E-state index contributed by atoms with van der Waals surface area (Å²) in [6.07, 6.45) is 3.26. The van der Waals surface area contributed by atoms with E-state index in [0.29, 0.717) is 6.04 Å². The Kier molecular flexibility index (Phi) is 3.40. The minimum absolute atomic E-state index is 0.105. The van der Waals surface area contributed by atoms with Gasteiger partial charge in [0.25, 0.3) is 5.91 Å². The van der Waals surface area contributed by atoms with E-state index < -0.39 is 5.97 Å². The first-order chi connectivity index (χ1) is 9.65. The van der Waals surface area contributed by atoms with Crippen molar-refractivity contribution in [1.29, 1.82) is 0 Å². The summed E-state index contributed by atoms with van der Waals surface area (Å²) in [4.78, 5) is 29.3. The lowest BCUT2D eigenvalue weighted by molar-refractivity contribution is 0.0690. The monoisotopic (exact) mass is 275 g/mol. The number of carbonyl (C=O) groups excluding carboxylic acids is 1. The van der Waals surface area contributed by atoms with Crippen molar-refractivity contribution in [3.63, 3.8) is 0 Å². The maximum atomic E-state index is 12.2. The number of pyridine rings is 1. The predicted octanol–water partition coefficient (Wildman–Crippen LogP) is 0.746. The van der Waals surface area contributed by atoms with Gasteiger partial charge in [0.2, 0.25) is 0 Å². The van der Waals surface area contributed by atoms with Gasteiger partial charge in [0.1, 0.15) is 11.4 Å². The van der Waals surface area contributed by atoms with Crippen LogP contribution in [0.2, 0.25) is 0 Å². The highest BCUT2D eigenvalue weighted by molar-refractivity contribution is 5.94. The van der Waals surface area contributed by atoms with Crippen LogP contribution in [0.25, 0.3) is 0 Å². The van der Waals surface area contributed by atoms with E-state index in [1.165, 1.54) is 12.5 Å². The molecule has 6 heteroatoms. The summed E-state index contributed by atoms with van der Waals surface area (Å²) in [5.74, 6) is -1.41. The van der Waals surface area contributed by atoms with Crippen molar-refractivity contribution in [2.75, 3.05) is 13.1 Å². The number of amides is 1. The van der Waals surface area contributed by atoms with Crippen molar-refractivity contribution >= 4 is 11.9 Å². The van der Waals surface area contributed by atoms with E-state index in [0.717, 1.165) is 25.9 Å². The van der Waals surface area contributed by atoms with Gasteiger partial charge >= 0.3 is 5.97 Å². The molecule has 0 saturated carbocycles. The van der Waals surface area contributed by atoms with Crippen LogP contribution in [0, 0.1) is 0 Å². The molecule has 0 aliphatic carbocycles. The van der Waals surface area contributed by atoms with Gasteiger partial charge in [-0.05, 0) is 37.9 Å². The first-order valence-corrected chi connectivity index (χ1v) is 6.90. The summed E-state index contributed by atoms with van der Waals surface area (Å²) < 4.78 is 0. The number of aromatic nitrogens is 1. The zero-order chi connectivity index (χ0) is 14.1. The van der Waals surface area contributed by atoms with Crippen molar-refractivity contribution in [2.45, 2.75) is 31.3 Å². The SMILES string of the molecule is O=C(O)c1cccc(C(=O)NC2CCN3CCCC23)n1. The highest BCUT2D eigenvalue weighted by Crippen LogP contribution is 2.27. The Morgan fingerprint density at radius 2 is 2.05 bits per heavy atom. The summed E-state index contributed by atoms with van der Waals surface area (Å²) in [6.45, 7) is 2.14. The van der Waals surface area contributed by atoms with Crippen LogP contribution >= 0.6 is 0 Å². The van der Waals surface area contributed by atoms with E-state index in [1.807, 2.05) is 0 Å². The maximum absolute atomic E-state index is 12.2. The van der Waals surface area contributed by atoms with Gasteiger partial charge < -0.3 is 10.4 Å². The highest BCUT2D eigenvalue weighted by Gasteiger charge is 2.37. The third kappa shape index (κ3) is 2.38. The van der Waals surface area contributed by atoms with E-state index in [9.17, 15) is 9.59 Å². The molecule has 0 radical (unpaired) electrons. The third-order valence-electron chi connectivity index (χ3n) is 4.12. The second kappa shape index (κ2) is 5.20. The van der Waals surface area contributed by atoms with Crippen molar-refractivity contribution < 1.29 is 14.7 Å². The van der Waals surface area contributed by atoms with Crippen LogP contribution in [0.1, 0.15) is 40.2 Å². The van der Waals surface area contributed by atoms with Crippen molar-refractivity contribution in [3.05, 3.63) is 29.6 Å². The minimum Gasteiger partial charge on any atom is -0.477 e. The molecule has 2 aliphatic heterocycles. The van der Waals surface area contributed by atoms with Crippen molar-refractivity contribution in [2.24, 2.45) is 0 Å². The van der Waals surface area contributed by atoms with Crippen LogP contribution in [-0.4, -0.2) is 52.0 Å². The molecule has 0 bridgehead atoms. The molecule has 1 aromatic rings. The number of aromatic carboxylic acids is 1. The van der Waals surface area contributed by atoms with E-state index in [2.05, 4.69) is 15.2 Å². The van der Waals surface area contributed by atoms with Crippen LogP contribution in [0.3, 0.4) is 0 Å². The predicted molar refractivity (Wildman–Crippen MR) is 71.7 cm³/mol. The smallest absolute Gasteiger partial charge is 0.354 e. The Morgan fingerprint density at radius 3 is 2.85 bits per heavy atom. The Labute approximate surface area is 116 Å². The molecule has 106 valence electrons. The summed E-state index contributed by atoms with van der Waals surface area (Å²) in [5.41, 5.74) is 0.0629. The van der Waals surface area contributed by atoms with Crippen LogP contribution in [0.4, 0.5) is 0 Å². The molecule has 2 atom stereocenters. The Bertz CT molecular complexity index is 546. The summed E-state index contributed by atoms with van der Waals surface area (Å²) in [7, 11) is 0. The molecule has 0 aromatic carbocycles. The van der Waals surface area contributed by atoms with E-state index in [4.69, 9.17) is 5.11 Å². The van der Waals surface area contributed by atoms with Gasteiger partial charge in [0.05, 0.1) is 0 Å². The van der Waals surface area contributed by atoms with Crippen molar-refractivity contribution in [1.82, 2.24) is 15.2 Å². The number of nitrogens with zero attached hydrogens (tertiary/aromatic N) is 2. The second-order valence-corrected chi connectivity index (χ2v) is 5.33. The summed E-state index contributed by atoms with van der Waals surface area (Å²) in [6, 6.07) is 5.06. The Morgan fingerprint density at radius 1 is 1.25 bits per heavy atom. The fourth-order valence-electron chi connectivity index (χ4n) is 3.17. The first kappa shape index (κ1) is 13.1. The number of hydrogen-bond acceptors (Lipinski definition) is 4. The molecule has 2 saturated heterocycles. The van der Waals surface area contributed by atoms with Gasteiger partial charge in [0, 0.05) is 18.6 Å². The molecule has 20 heavy (non-hydrogen) atoms. The van der Waals surface area contributed by atoms with Crippen LogP contribution in [-0.2, 0) is 0 Å². The lowest BCUT2D eigenvalue weighted by atomic mass is 10.1. The van der Waals surface area contributed by atoms with Gasteiger partial charge in [-0.1, -0.05) is 6.07 Å². The molecule has 1 aromatic heterocycles. The van der Waals surface area contributed by atoms with Crippen LogP contribution < -0.4 is 5.32 Å². The molecule has 0 spiro atoms. The summed E-state index contributed by atoms with van der Waals surface area (Å²) >= 11 is 0. The normalized spacial score (nSPS) is 25.4. The average Bonchev–Trinajstić information content (AvgIpc) is 3.04. The van der Waals surface area contributed by atoms with E-state index in [1.54, 1.807) is 12.1 Å². The fourth-order valence-corrected chi connectivity index (χ4v) is 3.17. The molecule has 3 heterocycles. The molecule has 2 unspecified atom stereocenters. The van der Waals surface area contributed by atoms with Gasteiger partial charge in [-0.2, -0.15) is 0 Å². The number of carboxylic acids is 1.